The number of nitrogens with one attached hydrogen (secondary N) is 1. The Balaban J connectivity index is 2.10. The molecule has 0 aliphatic heterocycles. The lowest BCUT2D eigenvalue weighted by atomic mass is 10.1. The van der Waals surface area contributed by atoms with Gasteiger partial charge in [-0.25, -0.2) is 10.3 Å². The number of amides is 1. The second kappa shape index (κ2) is 11.9. The number of carbonyl (C=O) groups is 1. The predicted octanol–water partition coefficient (Wildman–Crippen LogP) is 2.87. The zero-order valence-electron chi connectivity index (χ0n) is 19.3. The average Bonchev–Trinajstić information content (AvgIpc) is 2.80. The second-order valence-electron chi connectivity index (χ2n) is 7.61. The summed E-state index contributed by atoms with van der Waals surface area (Å²) in [6.07, 6.45) is 4.19. The van der Waals surface area contributed by atoms with Gasteiger partial charge < -0.3 is 14.0 Å². The van der Waals surface area contributed by atoms with Crippen molar-refractivity contribution >= 4 is 16.7 Å². The predicted molar refractivity (Wildman–Crippen MR) is 125 cm³/mol. The molecule has 0 saturated carbocycles. The van der Waals surface area contributed by atoms with Crippen LogP contribution < -0.4 is 15.8 Å². The van der Waals surface area contributed by atoms with Gasteiger partial charge in [0.25, 0.3) is 11.5 Å². The van der Waals surface area contributed by atoms with Crippen molar-refractivity contribution in [2.45, 2.75) is 50.7 Å². The maximum absolute atomic E-state index is 12.7. The Hall–Kier alpha value is -2.49. The van der Waals surface area contributed by atoms with Crippen molar-refractivity contribution in [2.75, 3.05) is 20.5 Å². The Labute approximate surface area is 191 Å². The lowest BCUT2D eigenvalue weighted by Crippen LogP contribution is -2.49. The number of benzene rings is 1. The van der Waals surface area contributed by atoms with E-state index in [2.05, 4.69) is 5.48 Å². The van der Waals surface area contributed by atoms with Crippen LogP contribution in [-0.4, -0.2) is 46.2 Å². The van der Waals surface area contributed by atoms with Crippen molar-refractivity contribution in [3.05, 3.63) is 52.9 Å². The molecule has 0 bridgehead atoms. The molecule has 176 valence electrons. The van der Waals surface area contributed by atoms with Crippen LogP contribution in [0.5, 0.6) is 5.75 Å². The number of methoxy groups -OCH3 is 2. The van der Waals surface area contributed by atoms with Gasteiger partial charge in [0.2, 0.25) is 0 Å². The highest BCUT2D eigenvalue weighted by molar-refractivity contribution is 7.86. The normalized spacial score (nSPS) is 14.9. The number of ether oxygens (including phenoxy) is 2. The second-order valence-corrected chi connectivity index (χ2v) is 9.42. The molecule has 9 heteroatoms. The Bertz CT molecular complexity index is 975. The molecular formula is C23H32N2O6S. The number of carbonyl (C=O) groups excluding carboxylic acids is 1. The molecule has 1 aromatic carbocycles. The molecule has 0 aliphatic carbocycles. The minimum absolute atomic E-state index is 0.193. The van der Waals surface area contributed by atoms with Crippen LogP contribution in [0.2, 0.25) is 0 Å². The highest BCUT2D eigenvalue weighted by Crippen LogP contribution is 2.22. The number of hydroxylamine groups is 1. The largest absolute Gasteiger partial charge is 0.497 e. The van der Waals surface area contributed by atoms with Gasteiger partial charge in [-0.3, -0.25) is 13.8 Å². The smallest absolute Gasteiger partial charge is 0.262 e. The summed E-state index contributed by atoms with van der Waals surface area (Å²) < 4.78 is 23.0. The van der Waals surface area contributed by atoms with E-state index in [0.717, 1.165) is 23.3 Å². The number of aromatic nitrogens is 1. The van der Waals surface area contributed by atoms with Gasteiger partial charge in [0.1, 0.15) is 10.5 Å². The first-order valence-electron chi connectivity index (χ1n) is 10.4. The molecule has 8 nitrogen and oxygen atoms in total. The third kappa shape index (κ3) is 6.51. The fraction of sp³-hybridized carbons (Fsp3) is 0.478. The van der Waals surface area contributed by atoms with Gasteiger partial charge in [-0.05, 0) is 42.7 Å². The minimum atomic E-state index is -1.50. The number of hydrogen-bond donors (Lipinski definition) is 1. The van der Waals surface area contributed by atoms with Crippen molar-refractivity contribution in [2.24, 2.45) is 0 Å². The van der Waals surface area contributed by atoms with Crippen molar-refractivity contribution < 1.29 is 23.3 Å². The van der Waals surface area contributed by atoms with E-state index in [4.69, 9.17) is 14.3 Å². The van der Waals surface area contributed by atoms with Crippen LogP contribution in [0.25, 0.3) is 11.1 Å². The third-order valence-electron chi connectivity index (χ3n) is 5.43. The molecule has 2 rings (SSSR count). The zero-order valence-corrected chi connectivity index (χ0v) is 20.1. The third-order valence-corrected chi connectivity index (χ3v) is 7.09. The highest BCUT2D eigenvalue weighted by atomic mass is 32.2. The first-order valence-corrected chi connectivity index (χ1v) is 12.0. The monoisotopic (exact) mass is 464 g/mol. The van der Waals surface area contributed by atoms with Gasteiger partial charge in [-0.15, -0.1) is 0 Å². The number of nitrogens with zero attached hydrogens (tertiary/aromatic N) is 1. The fourth-order valence-electron chi connectivity index (χ4n) is 3.06. The summed E-state index contributed by atoms with van der Waals surface area (Å²) in [5.41, 5.74) is 3.85. The molecule has 3 unspecified atom stereocenters. The highest BCUT2D eigenvalue weighted by Gasteiger charge is 2.38. The summed E-state index contributed by atoms with van der Waals surface area (Å²) >= 11 is 0. The number of rotatable bonds is 12. The fourth-order valence-corrected chi connectivity index (χ4v) is 3.75. The number of pyridine rings is 1. The Morgan fingerprint density at radius 1 is 1.19 bits per heavy atom. The molecule has 1 amide bonds. The molecule has 0 radical (unpaired) electrons. The maximum Gasteiger partial charge on any atom is 0.262 e. The van der Waals surface area contributed by atoms with Crippen LogP contribution >= 0.6 is 0 Å². The van der Waals surface area contributed by atoms with E-state index in [-0.39, 0.29) is 18.5 Å². The van der Waals surface area contributed by atoms with Crippen molar-refractivity contribution in [1.29, 1.82) is 0 Å². The van der Waals surface area contributed by atoms with Crippen molar-refractivity contribution in [1.82, 2.24) is 10.0 Å². The molecular weight excluding hydrogens is 432 g/mol. The van der Waals surface area contributed by atoms with Gasteiger partial charge in [0, 0.05) is 49.4 Å². The molecule has 0 fully saturated rings. The molecule has 0 saturated heterocycles. The molecule has 1 aromatic heterocycles. The standard InChI is InChI=1S/C23H32N2O6S/c1-6-7-21(30-4)31-24-22(27)23(2,32(5)28)13-15-25-14-12-18(16-20(25)26)17-8-10-19(29-3)11-9-17/h8-12,14,16,21H,6-7,13,15H2,1-5H3,(H,24,27). The molecule has 0 aliphatic rings. The van der Waals surface area contributed by atoms with E-state index in [1.54, 1.807) is 26.3 Å². The quantitative estimate of drug-likeness (QED) is 0.383. The number of hydrogen-bond acceptors (Lipinski definition) is 6. The molecule has 2 aromatic rings. The van der Waals surface area contributed by atoms with Gasteiger partial charge in [0.05, 0.1) is 7.11 Å². The van der Waals surface area contributed by atoms with Crippen molar-refractivity contribution in [3.63, 3.8) is 0 Å². The van der Waals surface area contributed by atoms with E-state index < -0.39 is 27.7 Å². The van der Waals surface area contributed by atoms with E-state index in [0.29, 0.717) is 6.42 Å². The van der Waals surface area contributed by atoms with Crippen LogP contribution in [0.3, 0.4) is 0 Å². The van der Waals surface area contributed by atoms with Crippen LogP contribution in [0.15, 0.2) is 47.4 Å². The Kier molecular flexibility index (Phi) is 9.61. The van der Waals surface area contributed by atoms with E-state index in [1.807, 2.05) is 37.3 Å². The first kappa shape index (κ1) is 25.8. The lowest BCUT2D eigenvalue weighted by Gasteiger charge is -2.27. The van der Waals surface area contributed by atoms with Crippen LogP contribution in [0.1, 0.15) is 33.1 Å². The van der Waals surface area contributed by atoms with E-state index in [1.165, 1.54) is 17.9 Å². The van der Waals surface area contributed by atoms with Crippen LogP contribution in [0.4, 0.5) is 0 Å². The van der Waals surface area contributed by atoms with E-state index in [9.17, 15) is 13.8 Å². The average molecular weight is 465 g/mol. The summed E-state index contributed by atoms with van der Waals surface area (Å²) in [7, 11) is 1.59. The molecule has 32 heavy (non-hydrogen) atoms. The number of aryl methyl sites for hydroxylation is 1. The molecule has 1 N–H and O–H groups in total. The van der Waals surface area contributed by atoms with Gasteiger partial charge >= 0.3 is 0 Å². The summed E-state index contributed by atoms with van der Waals surface area (Å²) in [5.74, 6) is 0.224. The van der Waals surface area contributed by atoms with Gasteiger partial charge in [-0.1, -0.05) is 25.5 Å². The van der Waals surface area contributed by atoms with E-state index >= 15 is 0 Å². The van der Waals surface area contributed by atoms with Gasteiger partial charge in [0.15, 0.2) is 6.29 Å². The lowest BCUT2D eigenvalue weighted by molar-refractivity contribution is -0.181. The zero-order chi connectivity index (χ0) is 23.7. The Morgan fingerprint density at radius 2 is 1.88 bits per heavy atom. The summed E-state index contributed by atoms with van der Waals surface area (Å²) in [5, 5.41) is 0. The maximum atomic E-state index is 12.7. The molecule has 3 atom stereocenters. The SMILES string of the molecule is CCCC(OC)ONC(=O)C(C)(CCn1ccc(-c2ccc(OC)cc2)cc1=O)S(C)=O. The Morgan fingerprint density at radius 3 is 2.41 bits per heavy atom. The summed E-state index contributed by atoms with van der Waals surface area (Å²) in [4.78, 5) is 30.7. The first-order chi connectivity index (χ1) is 15.2. The summed E-state index contributed by atoms with van der Waals surface area (Å²) in [6, 6.07) is 10.8. The molecule has 0 spiro atoms. The van der Waals surface area contributed by atoms with Crippen LogP contribution in [0, 0.1) is 0 Å². The van der Waals surface area contributed by atoms with Crippen molar-refractivity contribution in [3.8, 4) is 16.9 Å². The summed E-state index contributed by atoms with van der Waals surface area (Å²) in [6.45, 7) is 3.80. The topological polar surface area (TPSA) is 95.9 Å². The van der Waals surface area contributed by atoms with Crippen LogP contribution in [-0.2, 0) is 31.7 Å². The van der Waals surface area contributed by atoms with Gasteiger partial charge in [-0.2, -0.15) is 0 Å². The minimum Gasteiger partial charge on any atom is -0.497 e. The molecule has 1 heterocycles.